The van der Waals surface area contributed by atoms with Crippen LogP contribution in [0.15, 0.2) is 48.5 Å². The molecule has 0 aliphatic carbocycles. The molecule has 0 saturated heterocycles. The van der Waals surface area contributed by atoms with E-state index in [0.717, 1.165) is 0 Å². The number of amides is 2. The van der Waals surface area contributed by atoms with E-state index < -0.39 is 5.92 Å². The molecule has 2 aromatic rings. The number of hydrogen-bond acceptors (Lipinski definition) is 3. The van der Waals surface area contributed by atoms with Gasteiger partial charge < -0.3 is 15.4 Å². The molecule has 2 N–H and O–H groups in total. The third-order valence-electron chi connectivity index (χ3n) is 3.83. The molecular weight excluding hydrogens is 311 g/mol. The van der Waals surface area contributed by atoms with Crippen LogP contribution < -0.4 is 15.4 Å². The monoisotopic (exact) mass is 328 g/mol. The number of ether oxygens (including phenoxy) is 1. The molecule has 0 fully saturated rings. The minimum absolute atomic E-state index is 0.0912. The summed E-state index contributed by atoms with van der Waals surface area (Å²) >= 11 is 0. The maximum atomic E-state index is 13.3. The number of carbonyl (C=O) groups excluding carboxylic acids is 2. The first-order valence-electron chi connectivity index (χ1n) is 7.68. The van der Waals surface area contributed by atoms with Crippen molar-refractivity contribution >= 4 is 17.5 Å². The van der Waals surface area contributed by atoms with Gasteiger partial charge in [0.2, 0.25) is 5.91 Å². The van der Waals surface area contributed by atoms with Gasteiger partial charge in [-0.05, 0) is 42.3 Å². The predicted molar refractivity (Wildman–Crippen MR) is 87.3 cm³/mol. The minimum Gasteiger partial charge on any atom is -0.484 e. The molecule has 1 heterocycles. The van der Waals surface area contributed by atoms with Gasteiger partial charge in [-0.25, -0.2) is 4.39 Å². The molecule has 1 aliphatic rings. The van der Waals surface area contributed by atoms with E-state index in [4.69, 9.17) is 4.74 Å². The van der Waals surface area contributed by atoms with E-state index in [1.165, 1.54) is 12.1 Å². The topological polar surface area (TPSA) is 67.4 Å². The van der Waals surface area contributed by atoms with Crippen LogP contribution >= 0.6 is 0 Å². The Balaban J connectivity index is 1.47. The molecule has 0 unspecified atom stereocenters. The number of anilines is 1. The zero-order valence-corrected chi connectivity index (χ0v) is 12.9. The van der Waals surface area contributed by atoms with Crippen LogP contribution in [0.5, 0.6) is 5.75 Å². The first-order chi connectivity index (χ1) is 11.6. The second kappa shape index (κ2) is 7.12. The third kappa shape index (κ3) is 3.71. The fourth-order valence-corrected chi connectivity index (χ4v) is 2.66. The smallest absolute Gasteiger partial charge is 0.257 e. The molecule has 5 nitrogen and oxygen atoms in total. The average Bonchev–Trinajstić information content (AvgIpc) is 2.89. The Morgan fingerprint density at radius 2 is 2.00 bits per heavy atom. The molecule has 0 spiro atoms. The van der Waals surface area contributed by atoms with Gasteiger partial charge in [0, 0.05) is 12.2 Å². The highest BCUT2D eigenvalue weighted by Crippen LogP contribution is 2.34. The standard InChI is InChI=1S/C18H17FN2O3/c19-12-6-7-16-15(10-12)14(18(23)21-16)8-9-20-17(22)11-24-13-4-2-1-3-5-13/h1-7,10,14H,8-9,11H2,(H,20,22)(H,21,23)/t14-/m0/s1. The molecular formula is C18H17FN2O3. The Hall–Kier alpha value is -2.89. The summed E-state index contributed by atoms with van der Waals surface area (Å²) in [6, 6.07) is 13.3. The van der Waals surface area contributed by atoms with Gasteiger partial charge in [-0.2, -0.15) is 0 Å². The number of para-hydroxylation sites is 1. The minimum atomic E-state index is -0.453. The Labute approximate surface area is 138 Å². The maximum absolute atomic E-state index is 13.3. The molecule has 0 saturated carbocycles. The quantitative estimate of drug-likeness (QED) is 0.856. The summed E-state index contributed by atoms with van der Waals surface area (Å²) in [7, 11) is 0. The lowest BCUT2D eigenvalue weighted by Gasteiger charge is -2.10. The average molecular weight is 328 g/mol. The summed E-state index contributed by atoms with van der Waals surface area (Å²) < 4.78 is 18.7. The van der Waals surface area contributed by atoms with Crippen LogP contribution in [0.25, 0.3) is 0 Å². The van der Waals surface area contributed by atoms with E-state index in [1.807, 2.05) is 18.2 Å². The summed E-state index contributed by atoms with van der Waals surface area (Å²) in [5.41, 5.74) is 1.26. The van der Waals surface area contributed by atoms with Gasteiger partial charge >= 0.3 is 0 Å². The van der Waals surface area contributed by atoms with Crippen molar-refractivity contribution in [2.75, 3.05) is 18.5 Å². The maximum Gasteiger partial charge on any atom is 0.257 e. The zero-order chi connectivity index (χ0) is 16.9. The van der Waals surface area contributed by atoms with Gasteiger partial charge in [-0.15, -0.1) is 0 Å². The van der Waals surface area contributed by atoms with Crippen LogP contribution in [0.4, 0.5) is 10.1 Å². The van der Waals surface area contributed by atoms with E-state index >= 15 is 0 Å². The Kier molecular flexibility index (Phi) is 4.74. The van der Waals surface area contributed by atoms with Crippen LogP contribution in [0.1, 0.15) is 17.9 Å². The predicted octanol–water partition coefficient (Wildman–Crippen LogP) is 2.45. The Bertz CT molecular complexity index is 749. The molecule has 124 valence electrons. The van der Waals surface area contributed by atoms with E-state index in [2.05, 4.69) is 10.6 Å². The fourth-order valence-electron chi connectivity index (χ4n) is 2.66. The molecule has 2 amide bonds. The van der Waals surface area contributed by atoms with E-state index in [-0.39, 0.29) is 24.2 Å². The third-order valence-corrected chi connectivity index (χ3v) is 3.83. The number of fused-ring (bicyclic) bond motifs is 1. The van der Waals surface area contributed by atoms with Crippen molar-refractivity contribution in [3.05, 3.63) is 59.9 Å². The number of hydrogen-bond donors (Lipinski definition) is 2. The van der Waals surface area contributed by atoms with Crippen molar-refractivity contribution in [3.8, 4) is 5.75 Å². The van der Waals surface area contributed by atoms with Gasteiger partial charge in [0.05, 0.1) is 5.92 Å². The van der Waals surface area contributed by atoms with E-state index in [0.29, 0.717) is 30.0 Å². The van der Waals surface area contributed by atoms with Crippen LogP contribution in [0, 0.1) is 5.82 Å². The Morgan fingerprint density at radius 3 is 2.79 bits per heavy atom. The summed E-state index contributed by atoms with van der Waals surface area (Å²) in [6.45, 7) is 0.219. The number of nitrogens with one attached hydrogen (secondary N) is 2. The largest absolute Gasteiger partial charge is 0.484 e. The van der Waals surface area contributed by atoms with Crippen molar-refractivity contribution in [1.29, 1.82) is 0 Å². The SMILES string of the molecule is O=C(COc1ccccc1)NCC[C@@H]1C(=O)Nc2ccc(F)cc21. The molecule has 0 aromatic heterocycles. The van der Waals surface area contributed by atoms with Gasteiger partial charge in [-0.1, -0.05) is 18.2 Å². The summed E-state index contributed by atoms with van der Waals surface area (Å²) in [4.78, 5) is 23.7. The number of rotatable bonds is 6. The van der Waals surface area contributed by atoms with Crippen LogP contribution in [0.2, 0.25) is 0 Å². The number of carbonyl (C=O) groups is 2. The van der Waals surface area contributed by atoms with Gasteiger partial charge in [0.1, 0.15) is 11.6 Å². The van der Waals surface area contributed by atoms with Gasteiger partial charge in [-0.3, -0.25) is 9.59 Å². The van der Waals surface area contributed by atoms with Crippen LogP contribution in [0.3, 0.4) is 0 Å². The van der Waals surface area contributed by atoms with Gasteiger partial charge in [0.25, 0.3) is 5.91 Å². The molecule has 6 heteroatoms. The number of benzene rings is 2. The molecule has 2 aromatic carbocycles. The second-order valence-electron chi connectivity index (χ2n) is 5.51. The molecule has 24 heavy (non-hydrogen) atoms. The summed E-state index contributed by atoms with van der Waals surface area (Å²) in [5, 5.41) is 5.42. The molecule has 1 aliphatic heterocycles. The highest BCUT2D eigenvalue weighted by Gasteiger charge is 2.30. The van der Waals surface area contributed by atoms with Crippen molar-refractivity contribution in [3.63, 3.8) is 0 Å². The van der Waals surface area contributed by atoms with Crippen LogP contribution in [-0.4, -0.2) is 25.0 Å². The Morgan fingerprint density at radius 1 is 1.21 bits per heavy atom. The normalized spacial score (nSPS) is 15.5. The highest BCUT2D eigenvalue weighted by atomic mass is 19.1. The zero-order valence-electron chi connectivity index (χ0n) is 12.9. The van der Waals surface area contributed by atoms with Crippen molar-refractivity contribution in [2.24, 2.45) is 0 Å². The molecule has 1 atom stereocenters. The summed E-state index contributed by atoms with van der Waals surface area (Å²) in [5.74, 6) is -0.657. The molecule has 3 rings (SSSR count). The molecule has 0 radical (unpaired) electrons. The summed E-state index contributed by atoms with van der Waals surface area (Å²) in [6.07, 6.45) is 0.402. The first kappa shape index (κ1) is 16.0. The lowest BCUT2D eigenvalue weighted by atomic mass is 9.97. The molecule has 0 bridgehead atoms. The van der Waals surface area contributed by atoms with Crippen molar-refractivity contribution in [2.45, 2.75) is 12.3 Å². The van der Waals surface area contributed by atoms with Crippen LogP contribution in [-0.2, 0) is 9.59 Å². The first-order valence-corrected chi connectivity index (χ1v) is 7.68. The van der Waals surface area contributed by atoms with Crippen molar-refractivity contribution in [1.82, 2.24) is 5.32 Å². The van der Waals surface area contributed by atoms with Gasteiger partial charge in [0.15, 0.2) is 6.61 Å². The number of halogens is 1. The second-order valence-corrected chi connectivity index (χ2v) is 5.51. The fraction of sp³-hybridized carbons (Fsp3) is 0.222. The lowest BCUT2D eigenvalue weighted by Crippen LogP contribution is -2.31. The van der Waals surface area contributed by atoms with Crippen molar-refractivity contribution < 1.29 is 18.7 Å². The lowest BCUT2D eigenvalue weighted by molar-refractivity contribution is -0.123. The van der Waals surface area contributed by atoms with E-state index in [1.54, 1.807) is 18.2 Å². The highest BCUT2D eigenvalue weighted by molar-refractivity contribution is 6.02. The van der Waals surface area contributed by atoms with E-state index in [9.17, 15) is 14.0 Å².